The summed E-state index contributed by atoms with van der Waals surface area (Å²) in [5.41, 5.74) is 5.13. The SMILES string of the molecule is Cc1sc(CNC(C)C(N)=O)cc1Br. The lowest BCUT2D eigenvalue weighted by Gasteiger charge is -2.07. The van der Waals surface area contributed by atoms with Crippen LogP contribution in [-0.4, -0.2) is 11.9 Å². The number of halogens is 1. The maximum absolute atomic E-state index is 10.7. The average molecular weight is 277 g/mol. The van der Waals surface area contributed by atoms with Crippen molar-refractivity contribution in [3.05, 3.63) is 20.3 Å². The number of rotatable bonds is 4. The molecule has 0 aliphatic rings. The second-order valence-corrected chi connectivity index (χ2v) is 5.32. The third-order valence-electron chi connectivity index (χ3n) is 1.92. The van der Waals surface area contributed by atoms with Crippen molar-refractivity contribution in [1.82, 2.24) is 5.32 Å². The summed E-state index contributed by atoms with van der Waals surface area (Å²) in [5, 5.41) is 3.05. The van der Waals surface area contributed by atoms with Gasteiger partial charge in [-0.3, -0.25) is 4.79 Å². The average Bonchev–Trinajstić information content (AvgIpc) is 2.42. The zero-order valence-corrected chi connectivity index (χ0v) is 10.5. The number of nitrogens with one attached hydrogen (secondary N) is 1. The largest absolute Gasteiger partial charge is 0.368 e. The predicted molar refractivity (Wildman–Crippen MR) is 62.3 cm³/mol. The standard InChI is InChI=1S/C9H13BrN2OS/c1-5(9(11)13)12-4-7-3-8(10)6(2)14-7/h3,5,12H,4H2,1-2H3,(H2,11,13). The minimum absolute atomic E-state index is 0.281. The maximum atomic E-state index is 10.7. The van der Waals surface area contributed by atoms with Crippen LogP contribution in [0.15, 0.2) is 10.5 Å². The molecular weight excluding hydrogens is 264 g/mol. The molecule has 5 heteroatoms. The first-order valence-corrected chi connectivity index (χ1v) is 5.89. The summed E-state index contributed by atoms with van der Waals surface area (Å²) in [6.45, 7) is 4.49. The van der Waals surface area contributed by atoms with E-state index in [2.05, 4.69) is 34.2 Å². The summed E-state index contributed by atoms with van der Waals surface area (Å²) in [4.78, 5) is 13.2. The molecule has 1 rings (SSSR count). The molecule has 0 aliphatic carbocycles. The van der Waals surface area contributed by atoms with Crippen LogP contribution < -0.4 is 11.1 Å². The zero-order chi connectivity index (χ0) is 10.7. The van der Waals surface area contributed by atoms with Crippen LogP contribution in [0.3, 0.4) is 0 Å². The van der Waals surface area contributed by atoms with Gasteiger partial charge < -0.3 is 11.1 Å². The van der Waals surface area contributed by atoms with E-state index < -0.39 is 0 Å². The van der Waals surface area contributed by atoms with Crippen molar-refractivity contribution in [2.75, 3.05) is 0 Å². The Balaban J connectivity index is 2.50. The molecule has 1 unspecified atom stereocenters. The molecule has 0 spiro atoms. The van der Waals surface area contributed by atoms with Crippen molar-refractivity contribution < 1.29 is 4.79 Å². The van der Waals surface area contributed by atoms with Gasteiger partial charge >= 0.3 is 0 Å². The number of primary amides is 1. The van der Waals surface area contributed by atoms with Gasteiger partial charge in [-0.2, -0.15) is 0 Å². The first-order valence-electron chi connectivity index (χ1n) is 4.28. The molecule has 0 saturated carbocycles. The fourth-order valence-corrected chi connectivity index (χ4v) is 2.51. The van der Waals surface area contributed by atoms with Gasteiger partial charge in [0.15, 0.2) is 0 Å². The second kappa shape index (κ2) is 4.91. The van der Waals surface area contributed by atoms with Gasteiger partial charge in [-0.1, -0.05) is 0 Å². The highest BCUT2D eigenvalue weighted by Crippen LogP contribution is 2.26. The fraction of sp³-hybridized carbons (Fsp3) is 0.444. The number of carbonyl (C=O) groups excluding carboxylic acids is 1. The number of aryl methyl sites for hydroxylation is 1. The van der Waals surface area contributed by atoms with E-state index in [4.69, 9.17) is 5.73 Å². The summed E-state index contributed by atoms with van der Waals surface area (Å²) in [6.07, 6.45) is 0. The smallest absolute Gasteiger partial charge is 0.234 e. The van der Waals surface area contributed by atoms with E-state index in [0.29, 0.717) is 6.54 Å². The Kier molecular flexibility index (Phi) is 4.10. The summed E-state index contributed by atoms with van der Waals surface area (Å²) >= 11 is 5.15. The lowest BCUT2D eigenvalue weighted by Crippen LogP contribution is -2.38. The summed E-state index contributed by atoms with van der Waals surface area (Å²) < 4.78 is 1.12. The molecule has 1 atom stereocenters. The third kappa shape index (κ3) is 3.08. The molecule has 3 nitrogen and oxygen atoms in total. The van der Waals surface area contributed by atoms with Crippen molar-refractivity contribution in [3.63, 3.8) is 0 Å². The van der Waals surface area contributed by atoms with E-state index in [0.717, 1.165) is 4.47 Å². The Morgan fingerprint density at radius 2 is 2.43 bits per heavy atom. The highest BCUT2D eigenvalue weighted by molar-refractivity contribution is 9.10. The van der Waals surface area contributed by atoms with Gasteiger partial charge in [-0.25, -0.2) is 0 Å². The van der Waals surface area contributed by atoms with Gasteiger partial charge in [0, 0.05) is 20.8 Å². The maximum Gasteiger partial charge on any atom is 0.234 e. The third-order valence-corrected chi connectivity index (χ3v) is 4.05. The van der Waals surface area contributed by atoms with E-state index in [-0.39, 0.29) is 11.9 Å². The van der Waals surface area contributed by atoms with E-state index in [1.807, 2.05) is 0 Å². The first kappa shape index (κ1) is 11.7. The van der Waals surface area contributed by atoms with Crippen LogP contribution in [0.25, 0.3) is 0 Å². The van der Waals surface area contributed by atoms with E-state index in [1.165, 1.54) is 9.75 Å². The topological polar surface area (TPSA) is 55.1 Å². The molecule has 1 heterocycles. The Morgan fingerprint density at radius 1 is 1.79 bits per heavy atom. The van der Waals surface area contributed by atoms with E-state index in [1.54, 1.807) is 18.3 Å². The van der Waals surface area contributed by atoms with Crippen molar-refractivity contribution >= 4 is 33.2 Å². The lowest BCUT2D eigenvalue weighted by molar-refractivity contribution is -0.119. The van der Waals surface area contributed by atoms with E-state index in [9.17, 15) is 4.79 Å². The molecule has 78 valence electrons. The summed E-state index contributed by atoms with van der Waals surface area (Å²) in [7, 11) is 0. The molecule has 1 aromatic rings. The molecule has 0 saturated heterocycles. The van der Waals surface area contributed by atoms with Gasteiger partial charge in [0.05, 0.1) is 6.04 Å². The lowest BCUT2D eigenvalue weighted by atomic mass is 10.3. The summed E-state index contributed by atoms with van der Waals surface area (Å²) in [6, 6.07) is 1.77. The van der Waals surface area contributed by atoms with Crippen LogP contribution >= 0.6 is 27.3 Å². The number of hydrogen-bond donors (Lipinski definition) is 2. The highest BCUT2D eigenvalue weighted by atomic mass is 79.9. The van der Waals surface area contributed by atoms with Crippen molar-refractivity contribution in [1.29, 1.82) is 0 Å². The highest BCUT2D eigenvalue weighted by Gasteiger charge is 2.08. The fourth-order valence-electron chi connectivity index (χ4n) is 0.959. The Labute approximate surface area is 95.8 Å². The van der Waals surface area contributed by atoms with Crippen LogP contribution in [0.4, 0.5) is 0 Å². The molecule has 0 fully saturated rings. The monoisotopic (exact) mass is 276 g/mol. The summed E-state index contributed by atoms with van der Waals surface area (Å²) in [5.74, 6) is -0.322. The number of thiophene rings is 1. The Hall–Kier alpha value is -0.390. The van der Waals surface area contributed by atoms with Crippen molar-refractivity contribution in [2.24, 2.45) is 5.73 Å². The molecule has 1 amide bonds. The van der Waals surface area contributed by atoms with Gasteiger partial charge in [0.2, 0.25) is 5.91 Å². The van der Waals surface area contributed by atoms with Gasteiger partial charge in [-0.05, 0) is 35.8 Å². The van der Waals surface area contributed by atoms with Gasteiger partial charge in [0.1, 0.15) is 0 Å². The second-order valence-electron chi connectivity index (χ2n) is 3.12. The molecule has 1 aromatic heterocycles. The predicted octanol–water partition coefficient (Wildman–Crippen LogP) is 1.78. The minimum Gasteiger partial charge on any atom is -0.368 e. The molecule has 14 heavy (non-hydrogen) atoms. The number of amides is 1. The van der Waals surface area contributed by atoms with Crippen LogP contribution in [-0.2, 0) is 11.3 Å². The quantitative estimate of drug-likeness (QED) is 0.881. The zero-order valence-electron chi connectivity index (χ0n) is 8.13. The Bertz CT molecular complexity index is 318. The normalized spacial score (nSPS) is 12.8. The number of hydrogen-bond acceptors (Lipinski definition) is 3. The van der Waals surface area contributed by atoms with Crippen molar-refractivity contribution in [2.45, 2.75) is 26.4 Å². The van der Waals surface area contributed by atoms with Gasteiger partial charge in [0.25, 0.3) is 0 Å². The Morgan fingerprint density at radius 3 is 2.86 bits per heavy atom. The van der Waals surface area contributed by atoms with Crippen LogP contribution in [0, 0.1) is 6.92 Å². The molecule has 0 bridgehead atoms. The first-order chi connectivity index (χ1) is 6.50. The molecule has 3 N–H and O–H groups in total. The number of carbonyl (C=O) groups is 1. The van der Waals surface area contributed by atoms with Crippen LogP contribution in [0.5, 0.6) is 0 Å². The molecule has 0 aliphatic heterocycles. The minimum atomic E-state index is -0.322. The van der Waals surface area contributed by atoms with Crippen molar-refractivity contribution in [3.8, 4) is 0 Å². The molecule has 0 radical (unpaired) electrons. The molecular formula is C9H13BrN2OS. The van der Waals surface area contributed by atoms with Crippen LogP contribution in [0.1, 0.15) is 16.7 Å². The molecule has 0 aromatic carbocycles. The van der Waals surface area contributed by atoms with Gasteiger partial charge in [-0.15, -0.1) is 11.3 Å². The van der Waals surface area contributed by atoms with E-state index >= 15 is 0 Å². The number of nitrogens with two attached hydrogens (primary N) is 1. The van der Waals surface area contributed by atoms with Crippen LogP contribution in [0.2, 0.25) is 0 Å².